The van der Waals surface area contributed by atoms with E-state index in [0.29, 0.717) is 0 Å². The van der Waals surface area contributed by atoms with E-state index >= 15 is 0 Å². The maximum Gasteiger partial charge on any atom is 0.310 e. The normalized spacial score (nSPS) is 7.57. The van der Waals surface area contributed by atoms with Crippen molar-refractivity contribution in [3.05, 3.63) is 0 Å². The maximum absolute atomic E-state index is 10.0. The number of nitrogens with one attached hydrogen (secondary N) is 1. The smallest absolute Gasteiger partial charge is 0.310 e. The first-order valence-corrected chi connectivity index (χ1v) is 1.87. The molecule has 0 aliphatic heterocycles. The van der Waals surface area contributed by atoms with Gasteiger partial charge in [0.25, 0.3) is 0 Å². The molecule has 0 aromatic rings. The van der Waals surface area contributed by atoms with Crippen LogP contribution in [-0.2, 0) is 9.53 Å². The molecule has 1 N–H and O–H groups in total. The van der Waals surface area contributed by atoms with Gasteiger partial charge in [-0.3, -0.25) is 4.79 Å². The Balaban J connectivity index is 3.17. The van der Waals surface area contributed by atoms with E-state index < -0.39 is 0 Å². The second-order valence-electron chi connectivity index (χ2n) is 0.984. The molecule has 0 aromatic heterocycles. The molecule has 7 heavy (non-hydrogen) atoms. The van der Waals surface area contributed by atoms with Gasteiger partial charge in [-0.1, -0.05) is 0 Å². The highest BCUT2D eigenvalue weighted by Crippen LogP contribution is 1.74. The van der Waals surface area contributed by atoms with E-state index in [4.69, 9.17) is 5.41 Å². The SMILES string of the molecule is COC(=O)CC=N. The minimum absolute atomic E-state index is 0.0799. The van der Waals surface area contributed by atoms with Gasteiger partial charge in [0.2, 0.25) is 0 Å². The molecule has 0 unspecified atom stereocenters. The van der Waals surface area contributed by atoms with Gasteiger partial charge >= 0.3 is 5.97 Å². The number of methoxy groups -OCH3 is 1. The summed E-state index contributed by atoms with van der Waals surface area (Å²) in [6, 6.07) is 0. The number of carbonyl (C=O) groups excluding carboxylic acids is 1. The van der Waals surface area contributed by atoms with Gasteiger partial charge in [0.05, 0.1) is 13.5 Å². The van der Waals surface area contributed by atoms with E-state index in [1.807, 2.05) is 0 Å². The van der Waals surface area contributed by atoms with Crippen molar-refractivity contribution in [1.82, 2.24) is 0 Å². The van der Waals surface area contributed by atoms with Crippen molar-refractivity contribution < 1.29 is 9.53 Å². The lowest BCUT2D eigenvalue weighted by Crippen LogP contribution is -1.98. The molecule has 0 fully saturated rings. The minimum Gasteiger partial charge on any atom is -0.469 e. The number of ether oxygens (including phenoxy) is 1. The molecule has 0 atom stereocenters. The summed E-state index contributed by atoms with van der Waals surface area (Å²) < 4.78 is 4.20. The highest BCUT2D eigenvalue weighted by molar-refractivity contribution is 5.84. The van der Waals surface area contributed by atoms with Crippen LogP contribution in [0.2, 0.25) is 0 Å². The molecule has 3 nitrogen and oxygen atoms in total. The molecule has 0 saturated heterocycles. The van der Waals surface area contributed by atoms with Gasteiger partial charge in [0.1, 0.15) is 0 Å². The molecule has 0 rings (SSSR count). The number of carbonyl (C=O) groups is 1. The third-order valence-electron chi connectivity index (χ3n) is 0.496. The maximum atomic E-state index is 10.0. The Hall–Kier alpha value is -0.860. The predicted octanol–water partition coefficient (Wildman–Crippen LogP) is 0.199. The highest BCUT2D eigenvalue weighted by Gasteiger charge is 1.91. The third-order valence-corrected chi connectivity index (χ3v) is 0.496. The summed E-state index contributed by atoms with van der Waals surface area (Å²) in [4.78, 5) is 10.0. The fourth-order valence-corrected chi connectivity index (χ4v) is 0.167. The van der Waals surface area contributed by atoms with E-state index in [-0.39, 0.29) is 12.4 Å². The first kappa shape index (κ1) is 6.14. The van der Waals surface area contributed by atoms with Gasteiger partial charge in [-0.2, -0.15) is 0 Å². The summed E-state index contributed by atoms with van der Waals surface area (Å²) in [6.07, 6.45) is 1.09. The van der Waals surface area contributed by atoms with Gasteiger partial charge < -0.3 is 10.1 Å². The van der Waals surface area contributed by atoms with Crippen molar-refractivity contribution in [2.45, 2.75) is 6.42 Å². The number of hydrogen-bond acceptors (Lipinski definition) is 3. The molecule has 0 bridgehead atoms. The third kappa shape index (κ3) is 2.96. The molecule has 40 valence electrons. The standard InChI is InChI=1S/C4H7NO2/c1-7-4(6)2-3-5/h3,5H,2H2,1H3. The van der Waals surface area contributed by atoms with Gasteiger partial charge in [0, 0.05) is 6.21 Å². The van der Waals surface area contributed by atoms with Gasteiger partial charge in [-0.15, -0.1) is 0 Å². The van der Waals surface area contributed by atoms with Crippen LogP contribution in [0.25, 0.3) is 0 Å². The van der Waals surface area contributed by atoms with Crippen LogP contribution in [0.5, 0.6) is 0 Å². The van der Waals surface area contributed by atoms with E-state index in [1.54, 1.807) is 0 Å². The van der Waals surface area contributed by atoms with Gasteiger partial charge in [-0.25, -0.2) is 0 Å². The molecule has 0 spiro atoms. The number of rotatable bonds is 2. The average molecular weight is 101 g/mol. The fraction of sp³-hybridized carbons (Fsp3) is 0.500. The van der Waals surface area contributed by atoms with E-state index in [0.717, 1.165) is 6.21 Å². The quantitative estimate of drug-likeness (QED) is 0.399. The average Bonchev–Trinajstić information content (AvgIpc) is 1.68. The Morgan fingerprint density at radius 1 is 2.00 bits per heavy atom. The van der Waals surface area contributed by atoms with E-state index in [9.17, 15) is 4.79 Å². The monoisotopic (exact) mass is 101 g/mol. The van der Waals surface area contributed by atoms with E-state index in [2.05, 4.69) is 4.74 Å². The number of esters is 1. The van der Waals surface area contributed by atoms with E-state index in [1.165, 1.54) is 7.11 Å². The first-order chi connectivity index (χ1) is 3.31. The molecule has 0 radical (unpaired) electrons. The zero-order chi connectivity index (χ0) is 5.70. The summed E-state index contributed by atoms with van der Waals surface area (Å²) in [5, 5.41) is 6.41. The van der Waals surface area contributed by atoms with Crippen molar-refractivity contribution in [3.63, 3.8) is 0 Å². The van der Waals surface area contributed by atoms with Crippen LogP contribution in [0.15, 0.2) is 0 Å². The van der Waals surface area contributed by atoms with Crippen molar-refractivity contribution in [2.75, 3.05) is 7.11 Å². The molecular formula is C4H7NO2. The number of hydrogen-bond donors (Lipinski definition) is 1. The second kappa shape index (κ2) is 3.33. The molecule has 0 aromatic carbocycles. The molecule has 0 amide bonds. The second-order valence-corrected chi connectivity index (χ2v) is 0.984. The summed E-state index contributed by atoms with van der Waals surface area (Å²) in [5.41, 5.74) is 0. The Labute approximate surface area is 41.8 Å². The Morgan fingerprint density at radius 2 is 2.57 bits per heavy atom. The molecule has 0 heterocycles. The summed E-state index contributed by atoms with van der Waals surface area (Å²) in [5.74, 6) is -0.366. The molecular weight excluding hydrogens is 94.0 g/mol. The van der Waals surface area contributed by atoms with Crippen molar-refractivity contribution >= 4 is 12.2 Å². The largest absolute Gasteiger partial charge is 0.469 e. The lowest BCUT2D eigenvalue weighted by Gasteiger charge is -1.87. The molecule has 0 saturated carbocycles. The molecule has 3 heteroatoms. The van der Waals surface area contributed by atoms with Crippen LogP contribution in [0.1, 0.15) is 6.42 Å². The van der Waals surface area contributed by atoms with Crippen molar-refractivity contribution in [1.29, 1.82) is 5.41 Å². The van der Waals surface area contributed by atoms with Gasteiger partial charge in [-0.05, 0) is 0 Å². The zero-order valence-electron chi connectivity index (χ0n) is 4.10. The lowest BCUT2D eigenvalue weighted by molar-refractivity contribution is -0.139. The summed E-state index contributed by atoms with van der Waals surface area (Å²) >= 11 is 0. The first-order valence-electron chi connectivity index (χ1n) is 1.87. The van der Waals surface area contributed by atoms with Crippen LogP contribution in [-0.4, -0.2) is 19.3 Å². The van der Waals surface area contributed by atoms with Crippen molar-refractivity contribution in [2.24, 2.45) is 0 Å². The Morgan fingerprint density at radius 3 is 2.71 bits per heavy atom. The lowest BCUT2D eigenvalue weighted by atomic mass is 10.5. The van der Waals surface area contributed by atoms with Crippen LogP contribution >= 0.6 is 0 Å². The summed E-state index contributed by atoms with van der Waals surface area (Å²) in [7, 11) is 1.30. The van der Waals surface area contributed by atoms with Gasteiger partial charge in [0.15, 0.2) is 0 Å². The predicted molar refractivity (Wildman–Crippen MR) is 25.4 cm³/mol. The Kier molecular flexibility index (Phi) is 2.92. The topological polar surface area (TPSA) is 50.2 Å². The summed E-state index contributed by atoms with van der Waals surface area (Å²) in [6.45, 7) is 0. The minimum atomic E-state index is -0.366. The highest BCUT2D eigenvalue weighted by atomic mass is 16.5. The Bertz CT molecular complexity index is 79.8. The van der Waals surface area contributed by atoms with Crippen LogP contribution in [0.3, 0.4) is 0 Å². The van der Waals surface area contributed by atoms with Crippen LogP contribution in [0, 0.1) is 5.41 Å². The van der Waals surface area contributed by atoms with Crippen LogP contribution in [0.4, 0.5) is 0 Å². The van der Waals surface area contributed by atoms with Crippen molar-refractivity contribution in [3.8, 4) is 0 Å². The molecule has 0 aliphatic rings. The molecule has 0 aliphatic carbocycles. The fourth-order valence-electron chi connectivity index (χ4n) is 0.167. The zero-order valence-corrected chi connectivity index (χ0v) is 4.10. The van der Waals surface area contributed by atoms with Crippen LogP contribution < -0.4 is 0 Å².